The van der Waals surface area contributed by atoms with Crippen molar-refractivity contribution >= 4 is 5.97 Å². The van der Waals surface area contributed by atoms with Crippen molar-refractivity contribution in [2.24, 2.45) is 5.41 Å². The number of carbonyl (C=O) groups is 1. The highest BCUT2D eigenvalue weighted by molar-refractivity contribution is 5.76. The lowest BCUT2D eigenvalue weighted by atomic mass is 9.89. The van der Waals surface area contributed by atoms with Crippen LogP contribution in [0, 0.1) is 5.41 Å². The number of rotatable bonds is 7. The van der Waals surface area contributed by atoms with Gasteiger partial charge in [-0.1, -0.05) is 51.1 Å². The number of aliphatic carboxylic acids is 1. The molecule has 2 atom stereocenters. The fourth-order valence-electron chi connectivity index (χ4n) is 2.21. The molecule has 4 nitrogen and oxygen atoms in total. The molecule has 0 amide bonds. The summed E-state index contributed by atoms with van der Waals surface area (Å²) in [5.41, 5.74) is 0.838. The van der Waals surface area contributed by atoms with Crippen LogP contribution in [-0.2, 0) is 4.79 Å². The molecule has 0 bridgehead atoms. The van der Waals surface area contributed by atoms with E-state index in [0.717, 1.165) is 5.56 Å². The fourth-order valence-corrected chi connectivity index (χ4v) is 2.21. The molecule has 0 spiro atoms. The fraction of sp³-hybridized carbons (Fsp3) is 0.562. The molecule has 112 valence electrons. The molecule has 0 aliphatic carbocycles. The SMILES string of the molecule is CC(C)(C)CC(O)CNCC(C(=O)O)c1ccccc1. The van der Waals surface area contributed by atoms with E-state index in [-0.39, 0.29) is 5.41 Å². The second-order valence-corrected chi connectivity index (χ2v) is 6.38. The van der Waals surface area contributed by atoms with Crippen molar-refractivity contribution in [1.82, 2.24) is 5.32 Å². The van der Waals surface area contributed by atoms with Crippen LogP contribution in [0.3, 0.4) is 0 Å². The summed E-state index contributed by atoms with van der Waals surface area (Å²) in [5.74, 6) is -1.44. The molecular weight excluding hydrogens is 254 g/mol. The van der Waals surface area contributed by atoms with Crippen LogP contribution in [0.4, 0.5) is 0 Å². The monoisotopic (exact) mass is 279 g/mol. The summed E-state index contributed by atoms with van der Waals surface area (Å²) in [5, 5.41) is 22.2. The summed E-state index contributed by atoms with van der Waals surface area (Å²) in [6.07, 6.45) is 0.225. The zero-order valence-corrected chi connectivity index (χ0v) is 12.5. The maximum atomic E-state index is 11.3. The van der Waals surface area contributed by atoms with Crippen LogP contribution in [0.1, 0.15) is 38.7 Å². The Morgan fingerprint density at radius 1 is 1.20 bits per heavy atom. The van der Waals surface area contributed by atoms with Crippen molar-refractivity contribution in [3.63, 3.8) is 0 Å². The van der Waals surface area contributed by atoms with Crippen molar-refractivity contribution in [1.29, 1.82) is 0 Å². The maximum absolute atomic E-state index is 11.3. The molecule has 2 unspecified atom stereocenters. The predicted octanol–water partition coefficient (Wildman–Crippen LogP) is 2.24. The van der Waals surface area contributed by atoms with E-state index >= 15 is 0 Å². The van der Waals surface area contributed by atoms with E-state index in [1.54, 1.807) is 0 Å². The number of carboxylic acids is 1. The summed E-state index contributed by atoms with van der Waals surface area (Å²) in [6.45, 7) is 6.94. The first-order valence-electron chi connectivity index (χ1n) is 6.96. The number of hydrogen-bond acceptors (Lipinski definition) is 3. The normalized spacial score (nSPS) is 14.8. The minimum Gasteiger partial charge on any atom is -0.481 e. The molecular formula is C16H25NO3. The predicted molar refractivity (Wildman–Crippen MR) is 79.8 cm³/mol. The van der Waals surface area contributed by atoms with Gasteiger partial charge in [-0.15, -0.1) is 0 Å². The Hall–Kier alpha value is -1.39. The van der Waals surface area contributed by atoms with Gasteiger partial charge in [0.25, 0.3) is 0 Å². The lowest BCUT2D eigenvalue weighted by molar-refractivity contribution is -0.138. The van der Waals surface area contributed by atoms with Crippen LogP contribution in [0.2, 0.25) is 0 Å². The zero-order chi connectivity index (χ0) is 15.2. The van der Waals surface area contributed by atoms with Crippen LogP contribution in [0.25, 0.3) is 0 Å². The van der Waals surface area contributed by atoms with Crippen LogP contribution in [0.15, 0.2) is 30.3 Å². The number of aliphatic hydroxyl groups excluding tert-OH is 1. The highest BCUT2D eigenvalue weighted by atomic mass is 16.4. The van der Waals surface area contributed by atoms with Gasteiger partial charge in [0, 0.05) is 13.1 Å². The van der Waals surface area contributed by atoms with E-state index in [1.807, 2.05) is 30.3 Å². The van der Waals surface area contributed by atoms with Gasteiger partial charge >= 0.3 is 5.97 Å². The van der Waals surface area contributed by atoms with Crippen LogP contribution < -0.4 is 5.32 Å². The highest BCUT2D eigenvalue weighted by Crippen LogP contribution is 2.20. The number of aliphatic hydroxyl groups is 1. The van der Waals surface area contributed by atoms with Gasteiger partial charge in [-0.2, -0.15) is 0 Å². The molecule has 1 aromatic carbocycles. The summed E-state index contributed by atoms with van der Waals surface area (Å²) in [7, 11) is 0. The van der Waals surface area contributed by atoms with E-state index in [0.29, 0.717) is 19.5 Å². The van der Waals surface area contributed by atoms with Crippen LogP contribution in [-0.4, -0.2) is 35.4 Å². The zero-order valence-electron chi connectivity index (χ0n) is 12.5. The number of hydrogen-bond donors (Lipinski definition) is 3. The van der Waals surface area contributed by atoms with Gasteiger partial charge in [0.05, 0.1) is 12.0 Å². The first-order chi connectivity index (χ1) is 9.29. The van der Waals surface area contributed by atoms with Gasteiger partial charge in [0.15, 0.2) is 0 Å². The molecule has 0 radical (unpaired) electrons. The first-order valence-corrected chi connectivity index (χ1v) is 6.96. The Balaban J connectivity index is 2.47. The molecule has 20 heavy (non-hydrogen) atoms. The lowest BCUT2D eigenvalue weighted by Crippen LogP contribution is -2.34. The van der Waals surface area contributed by atoms with Gasteiger partial charge in [-0.25, -0.2) is 0 Å². The standard InChI is InChI=1S/C16H25NO3/c1-16(2,3)9-13(18)10-17-11-14(15(19)20)12-7-5-4-6-8-12/h4-8,13-14,17-18H,9-11H2,1-3H3,(H,19,20). The number of nitrogens with one attached hydrogen (secondary N) is 1. The van der Waals surface area contributed by atoms with E-state index < -0.39 is 18.0 Å². The third-order valence-corrected chi connectivity index (χ3v) is 3.08. The van der Waals surface area contributed by atoms with Crippen LogP contribution in [0.5, 0.6) is 0 Å². The lowest BCUT2D eigenvalue weighted by Gasteiger charge is -2.23. The minimum atomic E-state index is -0.853. The van der Waals surface area contributed by atoms with Crippen LogP contribution >= 0.6 is 0 Å². The van der Waals surface area contributed by atoms with Crippen molar-refractivity contribution in [2.45, 2.75) is 39.2 Å². The molecule has 1 rings (SSSR count). The van der Waals surface area contributed by atoms with Crippen molar-refractivity contribution in [3.05, 3.63) is 35.9 Å². The van der Waals surface area contributed by atoms with E-state index in [2.05, 4.69) is 26.1 Å². The molecule has 0 saturated carbocycles. The molecule has 0 aromatic heterocycles. The molecule has 1 aromatic rings. The third-order valence-electron chi connectivity index (χ3n) is 3.08. The second-order valence-electron chi connectivity index (χ2n) is 6.38. The third kappa shape index (κ3) is 6.17. The molecule has 0 aliphatic rings. The Labute approximate surface area is 120 Å². The van der Waals surface area contributed by atoms with E-state index in [4.69, 9.17) is 0 Å². The molecule has 4 heteroatoms. The maximum Gasteiger partial charge on any atom is 0.312 e. The summed E-state index contributed by atoms with van der Waals surface area (Å²) in [6, 6.07) is 9.15. The molecule has 0 heterocycles. The van der Waals surface area contributed by atoms with Crippen molar-refractivity contribution < 1.29 is 15.0 Å². The van der Waals surface area contributed by atoms with Gasteiger partial charge in [-0.3, -0.25) is 4.79 Å². The minimum absolute atomic E-state index is 0.0622. The summed E-state index contributed by atoms with van der Waals surface area (Å²) < 4.78 is 0. The van der Waals surface area contributed by atoms with Gasteiger partial charge in [0.1, 0.15) is 0 Å². The van der Waals surface area contributed by atoms with Gasteiger partial charge < -0.3 is 15.5 Å². The van der Waals surface area contributed by atoms with Crippen molar-refractivity contribution in [2.75, 3.05) is 13.1 Å². The average Bonchev–Trinajstić information content (AvgIpc) is 2.33. The van der Waals surface area contributed by atoms with E-state index in [1.165, 1.54) is 0 Å². The first kappa shape index (κ1) is 16.7. The number of carboxylic acid groups (broad SMARTS) is 1. The topological polar surface area (TPSA) is 69.6 Å². The smallest absolute Gasteiger partial charge is 0.312 e. The second kappa shape index (κ2) is 7.41. The van der Waals surface area contributed by atoms with Gasteiger partial charge in [-0.05, 0) is 17.4 Å². The van der Waals surface area contributed by atoms with Crippen molar-refractivity contribution in [3.8, 4) is 0 Å². The summed E-state index contributed by atoms with van der Waals surface area (Å²) in [4.78, 5) is 11.3. The Bertz CT molecular complexity index is 411. The average molecular weight is 279 g/mol. The van der Waals surface area contributed by atoms with Gasteiger partial charge in [0.2, 0.25) is 0 Å². The molecule has 0 saturated heterocycles. The summed E-state index contributed by atoms with van der Waals surface area (Å²) >= 11 is 0. The Morgan fingerprint density at radius 3 is 2.30 bits per heavy atom. The Kier molecular flexibility index (Phi) is 6.17. The highest BCUT2D eigenvalue weighted by Gasteiger charge is 2.20. The molecule has 0 fully saturated rings. The molecule has 0 aliphatic heterocycles. The number of benzene rings is 1. The quantitative estimate of drug-likeness (QED) is 0.716. The van der Waals surface area contributed by atoms with E-state index in [9.17, 15) is 15.0 Å². The largest absolute Gasteiger partial charge is 0.481 e. The Morgan fingerprint density at radius 2 is 1.80 bits per heavy atom. The molecule has 3 N–H and O–H groups in total.